The van der Waals surface area contributed by atoms with Crippen LogP contribution in [0.5, 0.6) is 5.75 Å². The summed E-state index contributed by atoms with van der Waals surface area (Å²) in [6.45, 7) is 4.55. The number of likely N-dealkylation sites (N-methyl/N-ethyl adjacent to an activating group) is 1. The Hall–Kier alpha value is -1.35. The van der Waals surface area contributed by atoms with Crippen molar-refractivity contribution in [2.45, 2.75) is 31.3 Å². The maximum atomic E-state index is 12.5. The van der Waals surface area contributed by atoms with Gasteiger partial charge in [0.2, 0.25) is 15.9 Å². The molecule has 1 N–H and O–H groups in total. The molecule has 7 nitrogen and oxygen atoms in total. The molecule has 1 aromatic rings. The highest BCUT2D eigenvalue weighted by atomic mass is 35.5. The van der Waals surface area contributed by atoms with Gasteiger partial charge in [-0.05, 0) is 38.5 Å². The van der Waals surface area contributed by atoms with Crippen molar-refractivity contribution < 1.29 is 22.7 Å². The SMILES string of the molecule is COc1ccc(S(=O)(=O)N(C)CC(=O)NCCCOC(C)C)cc1Cl. The van der Waals surface area contributed by atoms with Crippen molar-refractivity contribution in [1.29, 1.82) is 0 Å². The molecule has 1 amide bonds. The summed E-state index contributed by atoms with van der Waals surface area (Å²) in [4.78, 5) is 11.9. The summed E-state index contributed by atoms with van der Waals surface area (Å²) >= 11 is 5.97. The summed E-state index contributed by atoms with van der Waals surface area (Å²) in [6, 6.07) is 4.16. The van der Waals surface area contributed by atoms with Crippen LogP contribution in [0.1, 0.15) is 20.3 Å². The monoisotopic (exact) mass is 392 g/mol. The normalized spacial score (nSPS) is 11.8. The third-order valence-electron chi connectivity index (χ3n) is 3.29. The van der Waals surface area contributed by atoms with Crippen molar-refractivity contribution in [1.82, 2.24) is 9.62 Å². The number of benzene rings is 1. The maximum Gasteiger partial charge on any atom is 0.243 e. The molecule has 0 bridgehead atoms. The molecule has 9 heteroatoms. The summed E-state index contributed by atoms with van der Waals surface area (Å²) in [5.74, 6) is -0.000130. The van der Waals surface area contributed by atoms with Gasteiger partial charge in [0.05, 0.1) is 29.7 Å². The summed E-state index contributed by atoms with van der Waals surface area (Å²) in [5, 5.41) is 2.86. The van der Waals surface area contributed by atoms with Crippen LogP contribution in [0, 0.1) is 0 Å². The molecule has 0 aliphatic heterocycles. The van der Waals surface area contributed by atoms with E-state index in [9.17, 15) is 13.2 Å². The first kappa shape index (κ1) is 21.7. The lowest BCUT2D eigenvalue weighted by molar-refractivity contribution is -0.121. The Balaban J connectivity index is 2.58. The number of methoxy groups -OCH3 is 1. The fourth-order valence-electron chi connectivity index (χ4n) is 1.95. The summed E-state index contributed by atoms with van der Waals surface area (Å²) in [5.41, 5.74) is 0. The van der Waals surface area contributed by atoms with Gasteiger partial charge < -0.3 is 14.8 Å². The Morgan fingerprint density at radius 3 is 2.60 bits per heavy atom. The van der Waals surface area contributed by atoms with Crippen LogP contribution >= 0.6 is 11.6 Å². The van der Waals surface area contributed by atoms with Gasteiger partial charge in [-0.2, -0.15) is 4.31 Å². The Morgan fingerprint density at radius 1 is 1.36 bits per heavy atom. The van der Waals surface area contributed by atoms with Crippen LogP contribution in [-0.2, 0) is 19.6 Å². The minimum Gasteiger partial charge on any atom is -0.495 e. The molecule has 0 saturated carbocycles. The summed E-state index contributed by atoms with van der Waals surface area (Å²) in [7, 11) is -1.04. The van der Waals surface area contributed by atoms with Crippen LogP contribution in [0.25, 0.3) is 0 Å². The average molecular weight is 393 g/mol. The van der Waals surface area contributed by atoms with Gasteiger partial charge in [0.25, 0.3) is 0 Å². The van der Waals surface area contributed by atoms with E-state index in [0.29, 0.717) is 25.3 Å². The molecule has 0 aromatic heterocycles. The van der Waals surface area contributed by atoms with E-state index in [2.05, 4.69) is 5.32 Å². The molecule has 0 aliphatic carbocycles. The molecule has 0 atom stereocenters. The molecular weight excluding hydrogens is 368 g/mol. The lowest BCUT2D eigenvalue weighted by Gasteiger charge is -2.17. The molecule has 0 saturated heterocycles. The number of carbonyl (C=O) groups excluding carboxylic acids is 1. The molecule has 1 aromatic carbocycles. The van der Waals surface area contributed by atoms with Gasteiger partial charge in [0.15, 0.2) is 0 Å². The highest BCUT2D eigenvalue weighted by Crippen LogP contribution is 2.27. The van der Waals surface area contributed by atoms with Crippen LogP contribution in [0.15, 0.2) is 23.1 Å². The van der Waals surface area contributed by atoms with Gasteiger partial charge in [0.1, 0.15) is 5.75 Å². The van der Waals surface area contributed by atoms with E-state index < -0.39 is 10.0 Å². The van der Waals surface area contributed by atoms with Gasteiger partial charge >= 0.3 is 0 Å². The van der Waals surface area contributed by atoms with Gasteiger partial charge in [-0.15, -0.1) is 0 Å². The van der Waals surface area contributed by atoms with E-state index >= 15 is 0 Å². The lowest BCUT2D eigenvalue weighted by Crippen LogP contribution is -2.38. The first-order valence-electron chi connectivity index (χ1n) is 7.86. The Kier molecular flexibility index (Phi) is 8.64. The van der Waals surface area contributed by atoms with E-state index in [1.807, 2.05) is 13.8 Å². The molecule has 0 radical (unpaired) electrons. The van der Waals surface area contributed by atoms with E-state index in [0.717, 1.165) is 4.31 Å². The highest BCUT2D eigenvalue weighted by molar-refractivity contribution is 7.89. The Labute approximate surface area is 154 Å². The minimum absolute atomic E-state index is 0.000988. The van der Waals surface area contributed by atoms with Crippen LogP contribution in [0.4, 0.5) is 0 Å². The molecule has 25 heavy (non-hydrogen) atoms. The first-order chi connectivity index (χ1) is 11.7. The Bertz CT molecular complexity index is 679. The number of rotatable bonds is 10. The second-order valence-corrected chi connectivity index (χ2v) is 8.13. The molecule has 0 heterocycles. The smallest absolute Gasteiger partial charge is 0.243 e. The van der Waals surface area contributed by atoms with Gasteiger partial charge in [-0.3, -0.25) is 4.79 Å². The number of hydrogen-bond acceptors (Lipinski definition) is 5. The molecule has 142 valence electrons. The number of hydrogen-bond donors (Lipinski definition) is 1. The van der Waals surface area contributed by atoms with Crippen LogP contribution < -0.4 is 10.1 Å². The van der Waals surface area contributed by atoms with Crippen molar-refractivity contribution in [3.05, 3.63) is 23.2 Å². The molecule has 0 aliphatic rings. The zero-order valence-electron chi connectivity index (χ0n) is 14.9. The number of carbonyl (C=O) groups is 1. The molecule has 0 fully saturated rings. The standard InChI is InChI=1S/C16H25ClN2O5S/c1-12(2)24-9-5-8-18-16(20)11-19(3)25(21,22)13-6-7-15(23-4)14(17)10-13/h6-7,10,12H,5,8-9,11H2,1-4H3,(H,18,20). The van der Waals surface area contributed by atoms with Crippen molar-refractivity contribution in [2.75, 3.05) is 33.9 Å². The predicted molar refractivity (Wildman–Crippen MR) is 96.5 cm³/mol. The molecule has 1 rings (SSSR count). The van der Waals surface area contributed by atoms with Gasteiger partial charge in [-0.1, -0.05) is 11.6 Å². The predicted octanol–water partition coefficient (Wildman–Crippen LogP) is 1.90. The van der Waals surface area contributed by atoms with Crippen molar-refractivity contribution in [3.63, 3.8) is 0 Å². The topological polar surface area (TPSA) is 84.9 Å². The van der Waals surface area contributed by atoms with Gasteiger partial charge in [-0.25, -0.2) is 8.42 Å². The van der Waals surface area contributed by atoms with Crippen LogP contribution in [0.3, 0.4) is 0 Å². The van der Waals surface area contributed by atoms with E-state index in [1.165, 1.54) is 32.4 Å². The highest BCUT2D eigenvalue weighted by Gasteiger charge is 2.23. The molecular formula is C16H25ClN2O5S. The van der Waals surface area contributed by atoms with E-state index in [-0.39, 0.29) is 28.5 Å². The Morgan fingerprint density at radius 2 is 2.04 bits per heavy atom. The molecule has 0 unspecified atom stereocenters. The summed E-state index contributed by atoms with van der Waals surface area (Å²) < 4.78 is 36.3. The second kappa shape index (κ2) is 9.96. The third kappa shape index (κ3) is 6.81. The van der Waals surface area contributed by atoms with Crippen LogP contribution in [-0.4, -0.2) is 58.6 Å². The minimum atomic E-state index is -3.82. The summed E-state index contributed by atoms with van der Waals surface area (Å²) in [6.07, 6.45) is 0.803. The number of ether oxygens (including phenoxy) is 2. The fraction of sp³-hybridized carbons (Fsp3) is 0.562. The quantitative estimate of drug-likeness (QED) is 0.615. The zero-order chi connectivity index (χ0) is 19.0. The van der Waals surface area contributed by atoms with E-state index in [1.54, 1.807) is 0 Å². The van der Waals surface area contributed by atoms with Crippen molar-refractivity contribution >= 4 is 27.5 Å². The molecule has 0 spiro atoms. The first-order valence-corrected chi connectivity index (χ1v) is 9.68. The largest absolute Gasteiger partial charge is 0.495 e. The zero-order valence-corrected chi connectivity index (χ0v) is 16.5. The number of sulfonamides is 1. The second-order valence-electron chi connectivity index (χ2n) is 5.68. The van der Waals surface area contributed by atoms with E-state index in [4.69, 9.17) is 21.1 Å². The van der Waals surface area contributed by atoms with Crippen molar-refractivity contribution in [3.8, 4) is 5.75 Å². The number of nitrogens with zero attached hydrogens (tertiary/aromatic N) is 1. The lowest BCUT2D eigenvalue weighted by atomic mass is 10.3. The number of amides is 1. The number of nitrogens with one attached hydrogen (secondary N) is 1. The fourth-order valence-corrected chi connectivity index (χ4v) is 3.43. The number of halogens is 1. The third-order valence-corrected chi connectivity index (χ3v) is 5.39. The van der Waals surface area contributed by atoms with Crippen LogP contribution in [0.2, 0.25) is 5.02 Å². The van der Waals surface area contributed by atoms with Gasteiger partial charge in [0, 0.05) is 20.2 Å². The average Bonchev–Trinajstić information content (AvgIpc) is 2.53. The maximum absolute atomic E-state index is 12.5. The van der Waals surface area contributed by atoms with Crippen molar-refractivity contribution in [2.24, 2.45) is 0 Å².